The second-order valence-electron chi connectivity index (χ2n) is 6.10. The van der Waals surface area contributed by atoms with Gasteiger partial charge in [-0.25, -0.2) is 0 Å². The van der Waals surface area contributed by atoms with Crippen LogP contribution in [-0.2, 0) is 13.5 Å². The maximum Gasteiger partial charge on any atom is 0.0522 e. The molecule has 1 aromatic heterocycles. The highest BCUT2D eigenvalue weighted by atomic mass is 15.2. The van der Waals surface area contributed by atoms with E-state index < -0.39 is 0 Å². The predicted molar refractivity (Wildman–Crippen MR) is 86.7 cm³/mol. The van der Waals surface area contributed by atoms with Crippen molar-refractivity contribution in [1.82, 2.24) is 9.78 Å². The highest BCUT2D eigenvalue weighted by Crippen LogP contribution is 2.12. The van der Waals surface area contributed by atoms with Crippen LogP contribution in [0.3, 0.4) is 0 Å². The average Bonchev–Trinajstić information content (AvgIpc) is 2.82. The Balaban J connectivity index is 1.90. The highest BCUT2D eigenvalue weighted by molar-refractivity contribution is 5.05. The van der Waals surface area contributed by atoms with Crippen LogP contribution < -0.4 is 5.73 Å². The van der Waals surface area contributed by atoms with Gasteiger partial charge < -0.3 is 5.73 Å². The van der Waals surface area contributed by atoms with E-state index in [9.17, 15) is 0 Å². The van der Waals surface area contributed by atoms with Crippen LogP contribution >= 0.6 is 0 Å². The van der Waals surface area contributed by atoms with Crippen molar-refractivity contribution in [2.24, 2.45) is 12.8 Å². The van der Waals surface area contributed by atoms with Crippen molar-refractivity contribution in [1.29, 1.82) is 0 Å². The Morgan fingerprint density at radius 1 is 1.05 bits per heavy atom. The SMILES string of the molecule is CCCCCCCCCCCC(N)Cc1cnn(C)c1. The van der Waals surface area contributed by atoms with E-state index in [0.717, 1.165) is 12.8 Å². The van der Waals surface area contributed by atoms with Crippen LogP contribution in [0.5, 0.6) is 0 Å². The van der Waals surface area contributed by atoms with Crippen molar-refractivity contribution < 1.29 is 0 Å². The number of hydrogen-bond acceptors (Lipinski definition) is 2. The van der Waals surface area contributed by atoms with Crippen molar-refractivity contribution in [3.8, 4) is 0 Å². The molecule has 1 heterocycles. The summed E-state index contributed by atoms with van der Waals surface area (Å²) in [6.07, 6.45) is 18.5. The number of aromatic nitrogens is 2. The first kappa shape index (κ1) is 17.2. The topological polar surface area (TPSA) is 43.8 Å². The van der Waals surface area contributed by atoms with Gasteiger partial charge in [0.05, 0.1) is 6.20 Å². The fraction of sp³-hybridized carbons (Fsp3) is 0.824. The first-order chi connectivity index (χ1) is 9.72. The summed E-state index contributed by atoms with van der Waals surface area (Å²) in [7, 11) is 1.95. The molecule has 2 N–H and O–H groups in total. The lowest BCUT2D eigenvalue weighted by Crippen LogP contribution is -2.22. The molecule has 3 heteroatoms. The van der Waals surface area contributed by atoms with Gasteiger partial charge in [0, 0.05) is 19.3 Å². The maximum atomic E-state index is 6.17. The molecule has 0 radical (unpaired) electrons. The first-order valence-electron chi connectivity index (χ1n) is 8.45. The van der Waals surface area contributed by atoms with Gasteiger partial charge in [0.25, 0.3) is 0 Å². The quantitative estimate of drug-likeness (QED) is 0.582. The Morgan fingerprint density at radius 3 is 2.20 bits per heavy atom. The zero-order chi connectivity index (χ0) is 14.6. The molecule has 1 rings (SSSR count). The standard InChI is InChI=1S/C17H33N3/c1-3-4-5-6-7-8-9-10-11-12-17(18)13-16-14-19-20(2)15-16/h14-15,17H,3-13,18H2,1-2H3. The molecular formula is C17H33N3. The van der Waals surface area contributed by atoms with E-state index in [1.165, 1.54) is 63.4 Å². The predicted octanol–water partition coefficient (Wildman–Crippen LogP) is 4.21. The summed E-state index contributed by atoms with van der Waals surface area (Å²) in [5, 5.41) is 4.18. The minimum atomic E-state index is 0.295. The lowest BCUT2D eigenvalue weighted by molar-refractivity contribution is 0.522. The van der Waals surface area contributed by atoms with E-state index >= 15 is 0 Å². The molecular weight excluding hydrogens is 246 g/mol. The normalized spacial score (nSPS) is 12.8. The molecule has 1 unspecified atom stereocenters. The third-order valence-electron chi connectivity index (χ3n) is 3.93. The van der Waals surface area contributed by atoms with Crippen molar-refractivity contribution >= 4 is 0 Å². The molecule has 0 saturated heterocycles. The molecule has 3 nitrogen and oxygen atoms in total. The maximum absolute atomic E-state index is 6.17. The van der Waals surface area contributed by atoms with Crippen LogP contribution in [0.25, 0.3) is 0 Å². The Labute approximate surface area is 124 Å². The van der Waals surface area contributed by atoms with Gasteiger partial charge in [0.2, 0.25) is 0 Å². The summed E-state index contributed by atoms with van der Waals surface area (Å²) in [4.78, 5) is 0. The van der Waals surface area contributed by atoms with E-state index in [-0.39, 0.29) is 0 Å². The molecule has 0 aliphatic rings. The van der Waals surface area contributed by atoms with Gasteiger partial charge >= 0.3 is 0 Å². The summed E-state index contributed by atoms with van der Waals surface area (Å²) < 4.78 is 1.85. The van der Waals surface area contributed by atoms with Gasteiger partial charge in [-0.2, -0.15) is 5.10 Å². The second-order valence-corrected chi connectivity index (χ2v) is 6.10. The molecule has 116 valence electrons. The van der Waals surface area contributed by atoms with Gasteiger partial charge in [0.15, 0.2) is 0 Å². The Kier molecular flexibility index (Phi) is 9.38. The zero-order valence-corrected chi connectivity index (χ0v) is 13.5. The van der Waals surface area contributed by atoms with Gasteiger partial charge in [-0.3, -0.25) is 4.68 Å². The fourth-order valence-electron chi connectivity index (χ4n) is 2.70. The summed E-state index contributed by atoms with van der Waals surface area (Å²) in [6, 6.07) is 0.295. The van der Waals surface area contributed by atoms with Crippen LogP contribution in [0, 0.1) is 0 Å². The Hall–Kier alpha value is -0.830. The molecule has 0 amide bonds. The molecule has 0 bridgehead atoms. The molecule has 0 saturated carbocycles. The number of aryl methyl sites for hydroxylation is 1. The van der Waals surface area contributed by atoms with E-state index in [4.69, 9.17) is 5.73 Å². The molecule has 20 heavy (non-hydrogen) atoms. The molecule has 1 aromatic rings. The van der Waals surface area contributed by atoms with Gasteiger partial charge in [-0.1, -0.05) is 64.7 Å². The molecule has 0 fully saturated rings. The van der Waals surface area contributed by atoms with Crippen molar-refractivity contribution in [2.45, 2.75) is 83.6 Å². The van der Waals surface area contributed by atoms with E-state index in [0.29, 0.717) is 6.04 Å². The number of nitrogens with zero attached hydrogens (tertiary/aromatic N) is 2. The number of nitrogens with two attached hydrogens (primary N) is 1. The zero-order valence-electron chi connectivity index (χ0n) is 13.5. The lowest BCUT2D eigenvalue weighted by Gasteiger charge is -2.09. The first-order valence-corrected chi connectivity index (χ1v) is 8.45. The second kappa shape index (κ2) is 10.9. The van der Waals surface area contributed by atoms with Gasteiger partial charge in [-0.05, 0) is 18.4 Å². The monoisotopic (exact) mass is 279 g/mol. The summed E-state index contributed by atoms with van der Waals surface area (Å²) in [6.45, 7) is 2.27. The Morgan fingerprint density at radius 2 is 1.65 bits per heavy atom. The number of hydrogen-bond donors (Lipinski definition) is 1. The fourth-order valence-corrected chi connectivity index (χ4v) is 2.70. The van der Waals surface area contributed by atoms with Crippen LogP contribution in [-0.4, -0.2) is 15.8 Å². The third kappa shape index (κ3) is 8.36. The van der Waals surface area contributed by atoms with E-state index in [1.54, 1.807) is 0 Å². The summed E-state index contributed by atoms with van der Waals surface area (Å²) >= 11 is 0. The lowest BCUT2D eigenvalue weighted by atomic mass is 10.0. The smallest absolute Gasteiger partial charge is 0.0522 e. The Bertz CT molecular complexity index is 333. The third-order valence-corrected chi connectivity index (χ3v) is 3.93. The summed E-state index contributed by atoms with van der Waals surface area (Å²) in [5.74, 6) is 0. The minimum absolute atomic E-state index is 0.295. The van der Waals surface area contributed by atoms with E-state index in [2.05, 4.69) is 18.2 Å². The van der Waals surface area contributed by atoms with Crippen molar-refractivity contribution in [3.05, 3.63) is 18.0 Å². The number of rotatable bonds is 12. The van der Waals surface area contributed by atoms with Gasteiger partial charge in [0.1, 0.15) is 0 Å². The number of unbranched alkanes of at least 4 members (excludes halogenated alkanes) is 8. The largest absolute Gasteiger partial charge is 0.327 e. The van der Waals surface area contributed by atoms with E-state index in [1.807, 2.05) is 17.9 Å². The molecule has 0 spiro atoms. The van der Waals surface area contributed by atoms with Crippen molar-refractivity contribution in [3.63, 3.8) is 0 Å². The van der Waals surface area contributed by atoms with Gasteiger partial charge in [-0.15, -0.1) is 0 Å². The molecule has 0 aliphatic carbocycles. The van der Waals surface area contributed by atoms with Crippen LogP contribution in [0.1, 0.15) is 76.7 Å². The van der Waals surface area contributed by atoms with Crippen molar-refractivity contribution in [2.75, 3.05) is 0 Å². The molecule has 0 aliphatic heterocycles. The molecule has 1 atom stereocenters. The highest BCUT2D eigenvalue weighted by Gasteiger charge is 2.05. The van der Waals surface area contributed by atoms with Crippen LogP contribution in [0.15, 0.2) is 12.4 Å². The van der Waals surface area contributed by atoms with Crippen LogP contribution in [0.4, 0.5) is 0 Å². The minimum Gasteiger partial charge on any atom is -0.327 e. The average molecular weight is 279 g/mol. The summed E-state index contributed by atoms with van der Waals surface area (Å²) in [5.41, 5.74) is 7.43. The molecule has 0 aromatic carbocycles. The van der Waals surface area contributed by atoms with Crippen LogP contribution in [0.2, 0.25) is 0 Å².